The minimum atomic E-state index is -0.176. The van der Waals surface area contributed by atoms with Crippen LogP contribution in [-0.2, 0) is 4.79 Å². The minimum absolute atomic E-state index is 0.0248. The Morgan fingerprint density at radius 1 is 1.03 bits per heavy atom. The van der Waals surface area contributed by atoms with Crippen LogP contribution in [0.5, 0.6) is 5.75 Å². The number of ether oxygens (including phenoxy) is 1. The van der Waals surface area contributed by atoms with Gasteiger partial charge < -0.3 is 20.3 Å². The monoisotopic (exact) mass is 409 g/mol. The molecule has 2 amide bonds. The maximum Gasteiger partial charge on any atom is 0.253 e. The predicted molar refractivity (Wildman–Crippen MR) is 122 cm³/mol. The van der Waals surface area contributed by atoms with E-state index in [0.29, 0.717) is 23.6 Å². The fourth-order valence-corrected chi connectivity index (χ4v) is 2.97. The summed E-state index contributed by atoms with van der Waals surface area (Å²) in [5.74, 6) is 0.558. The van der Waals surface area contributed by atoms with Gasteiger partial charge in [-0.15, -0.1) is 0 Å². The van der Waals surface area contributed by atoms with Crippen molar-refractivity contribution >= 4 is 23.2 Å². The van der Waals surface area contributed by atoms with Gasteiger partial charge in [0.2, 0.25) is 5.91 Å². The molecule has 0 bridgehead atoms. The summed E-state index contributed by atoms with van der Waals surface area (Å²) in [6, 6.07) is 14.4. The molecule has 0 aliphatic carbocycles. The molecule has 6 heteroatoms. The molecule has 0 fully saturated rings. The van der Waals surface area contributed by atoms with E-state index in [1.807, 2.05) is 29.2 Å². The van der Waals surface area contributed by atoms with Crippen molar-refractivity contribution in [3.05, 3.63) is 66.7 Å². The number of carbonyl (C=O) groups is 2. The van der Waals surface area contributed by atoms with E-state index >= 15 is 0 Å². The minimum Gasteiger partial charge on any atom is -0.489 e. The number of amides is 2. The van der Waals surface area contributed by atoms with Crippen LogP contribution in [0.2, 0.25) is 0 Å². The van der Waals surface area contributed by atoms with Crippen LogP contribution in [-0.4, -0.2) is 43.0 Å². The summed E-state index contributed by atoms with van der Waals surface area (Å²) in [7, 11) is 0. The van der Waals surface area contributed by atoms with Gasteiger partial charge in [0.25, 0.3) is 5.91 Å². The summed E-state index contributed by atoms with van der Waals surface area (Å²) in [6.45, 7) is 9.79. The molecule has 2 rings (SSSR count). The lowest BCUT2D eigenvalue weighted by atomic mass is 10.1. The second kappa shape index (κ2) is 12.3. The molecule has 0 saturated carbocycles. The zero-order chi connectivity index (χ0) is 21.8. The molecular weight excluding hydrogens is 378 g/mol. The van der Waals surface area contributed by atoms with Crippen molar-refractivity contribution in [2.45, 2.75) is 26.7 Å². The molecule has 160 valence electrons. The normalized spacial score (nSPS) is 10.2. The van der Waals surface area contributed by atoms with Crippen LogP contribution in [0, 0.1) is 0 Å². The standard InChI is InChI=1S/C24H31N3O3/c1-4-14-27(15-5-2)24(29)19-10-12-20(13-11-19)26-23(28)18-25-21-8-7-9-22(17-21)30-16-6-3/h6-13,17,25H,3-5,14-16,18H2,1-2H3,(H,26,28). The first-order valence-corrected chi connectivity index (χ1v) is 10.3. The predicted octanol–water partition coefficient (Wildman–Crippen LogP) is 4.56. The van der Waals surface area contributed by atoms with Crippen molar-refractivity contribution in [1.29, 1.82) is 0 Å². The van der Waals surface area contributed by atoms with Crippen molar-refractivity contribution in [1.82, 2.24) is 4.90 Å². The van der Waals surface area contributed by atoms with Crippen LogP contribution in [0.15, 0.2) is 61.2 Å². The van der Waals surface area contributed by atoms with Crippen LogP contribution >= 0.6 is 0 Å². The van der Waals surface area contributed by atoms with E-state index in [4.69, 9.17) is 4.74 Å². The molecule has 0 atom stereocenters. The second-order valence-corrected chi connectivity index (χ2v) is 6.90. The van der Waals surface area contributed by atoms with E-state index in [0.717, 1.165) is 31.6 Å². The molecule has 2 N–H and O–H groups in total. The van der Waals surface area contributed by atoms with Crippen LogP contribution in [0.3, 0.4) is 0 Å². The fraction of sp³-hybridized carbons (Fsp3) is 0.333. The van der Waals surface area contributed by atoms with Gasteiger partial charge in [-0.3, -0.25) is 9.59 Å². The van der Waals surface area contributed by atoms with Crippen molar-refractivity contribution in [3.8, 4) is 5.75 Å². The molecule has 0 aliphatic rings. The third kappa shape index (κ3) is 7.28. The summed E-state index contributed by atoms with van der Waals surface area (Å²) in [5.41, 5.74) is 2.07. The summed E-state index contributed by atoms with van der Waals surface area (Å²) >= 11 is 0. The summed E-state index contributed by atoms with van der Waals surface area (Å²) < 4.78 is 5.49. The van der Waals surface area contributed by atoms with Gasteiger partial charge >= 0.3 is 0 Å². The molecule has 0 heterocycles. The summed E-state index contributed by atoms with van der Waals surface area (Å²) in [5, 5.41) is 5.91. The first-order chi connectivity index (χ1) is 14.6. The van der Waals surface area contributed by atoms with Gasteiger partial charge in [0, 0.05) is 36.1 Å². The molecular formula is C24H31N3O3. The van der Waals surface area contributed by atoms with Crippen LogP contribution in [0.1, 0.15) is 37.0 Å². The Morgan fingerprint density at radius 2 is 1.73 bits per heavy atom. The Kier molecular flexibility index (Phi) is 9.45. The lowest BCUT2D eigenvalue weighted by molar-refractivity contribution is -0.114. The van der Waals surface area contributed by atoms with Crippen molar-refractivity contribution in [3.63, 3.8) is 0 Å². The Balaban J connectivity index is 1.88. The smallest absolute Gasteiger partial charge is 0.253 e. The highest BCUT2D eigenvalue weighted by Crippen LogP contribution is 2.17. The molecule has 0 aromatic heterocycles. The third-order valence-corrected chi connectivity index (χ3v) is 4.34. The average molecular weight is 410 g/mol. The molecule has 0 aliphatic heterocycles. The number of anilines is 2. The molecule has 0 unspecified atom stereocenters. The Morgan fingerprint density at radius 3 is 2.37 bits per heavy atom. The zero-order valence-electron chi connectivity index (χ0n) is 17.8. The SMILES string of the molecule is C=CCOc1cccc(NCC(=O)Nc2ccc(C(=O)N(CCC)CCC)cc2)c1. The third-order valence-electron chi connectivity index (χ3n) is 4.34. The molecule has 2 aromatic rings. The van der Waals surface area contributed by atoms with Crippen LogP contribution in [0.4, 0.5) is 11.4 Å². The number of nitrogens with zero attached hydrogens (tertiary/aromatic N) is 1. The first-order valence-electron chi connectivity index (χ1n) is 10.3. The fourth-order valence-electron chi connectivity index (χ4n) is 2.97. The van der Waals surface area contributed by atoms with Gasteiger partial charge in [-0.05, 0) is 49.2 Å². The van der Waals surface area contributed by atoms with E-state index in [9.17, 15) is 9.59 Å². The van der Waals surface area contributed by atoms with Gasteiger partial charge in [0.1, 0.15) is 12.4 Å². The van der Waals surface area contributed by atoms with Gasteiger partial charge in [-0.1, -0.05) is 32.6 Å². The van der Waals surface area contributed by atoms with E-state index in [1.54, 1.807) is 30.3 Å². The Bertz CT molecular complexity index is 828. The van der Waals surface area contributed by atoms with Crippen molar-refractivity contribution < 1.29 is 14.3 Å². The highest BCUT2D eigenvalue weighted by Gasteiger charge is 2.14. The van der Waals surface area contributed by atoms with Crippen molar-refractivity contribution in [2.75, 3.05) is 36.9 Å². The number of rotatable bonds is 12. The van der Waals surface area contributed by atoms with Gasteiger partial charge in [0.05, 0.1) is 6.54 Å². The molecule has 0 radical (unpaired) electrons. The average Bonchev–Trinajstić information content (AvgIpc) is 2.76. The van der Waals surface area contributed by atoms with Crippen molar-refractivity contribution in [2.24, 2.45) is 0 Å². The number of nitrogens with one attached hydrogen (secondary N) is 2. The maximum atomic E-state index is 12.6. The summed E-state index contributed by atoms with van der Waals surface area (Å²) in [4.78, 5) is 26.7. The van der Waals surface area contributed by atoms with E-state index in [-0.39, 0.29) is 18.4 Å². The second-order valence-electron chi connectivity index (χ2n) is 6.90. The topological polar surface area (TPSA) is 70.7 Å². The maximum absolute atomic E-state index is 12.6. The Labute approximate surface area is 178 Å². The quantitative estimate of drug-likeness (QED) is 0.504. The summed E-state index contributed by atoms with van der Waals surface area (Å²) in [6.07, 6.45) is 3.53. The van der Waals surface area contributed by atoms with Crippen LogP contribution in [0.25, 0.3) is 0 Å². The highest BCUT2D eigenvalue weighted by molar-refractivity contribution is 5.96. The molecule has 6 nitrogen and oxygen atoms in total. The van der Waals surface area contributed by atoms with Gasteiger partial charge in [-0.2, -0.15) is 0 Å². The highest BCUT2D eigenvalue weighted by atomic mass is 16.5. The van der Waals surface area contributed by atoms with Crippen LogP contribution < -0.4 is 15.4 Å². The number of hydrogen-bond acceptors (Lipinski definition) is 4. The molecule has 0 saturated heterocycles. The Hall–Kier alpha value is -3.28. The lowest BCUT2D eigenvalue weighted by Crippen LogP contribution is -2.32. The first kappa shape index (κ1) is 23.0. The van der Waals surface area contributed by atoms with Gasteiger partial charge in [-0.25, -0.2) is 0 Å². The van der Waals surface area contributed by atoms with E-state index in [1.165, 1.54) is 0 Å². The number of carbonyl (C=O) groups excluding carboxylic acids is 2. The number of benzene rings is 2. The molecule has 30 heavy (non-hydrogen) atoms. The van der Waals surface area contributed by atoms with Gasteiger partial charge in [0.15, 0.2) is 0 Å². The zero-order valence-corrected chi connectivity index (χ0v) is 17.8. The molecule has 2 aromatic carbocycles. The molecule has 0 spiro atoms. The lowest BCUT2D eigenvalue weighted by Gasteiger charge is -2.21. The number of hydrogen-bond donors (Lipinski definition) is 2. The van der Waals surface area contributed by atoms with E-state index in [2.05, 4.69) is 31.1 Å². The van der Waals surface area contributed by atoms with E-state index < -0.39 is 0 Å². The largest absolute Gasteiger partial charge is 0.489 e.